The fourth-order valence-corrected chi connectivity index (χ4v) is 2.70. The normalized spacial score (nSPS) is 15.6. The number of benzene rings is 1. The molecule has 2 amide bonds. The number of rotatable bonds is 5. The highest BCUT2D eigenvalue weighted by molar-refractivity contribution is 6.00. The van der Waals surface area contributed by atoms with Crippen LogP contribution in [0.1, 0.15) is 37.0 Å². The molecule has 0 spiro atoms. The lowest BCUT2D eigenvalue weighted by atomic mass is 10.0. The van der Waals surface area contributed by atoms with Crippen molar-refractivity contribution in [1.82, 2.24) is 4.90 Å². The molecule has 6 nitrogen and oxygen atoms in total. The van der Waals surface area contributed by atoms with Crippen molar-refractivity contribution in [2.24, 2.45) is 11.7 Å². The molecule has 1 aromatic carbocycles. The van der Waals surface area contributed by atoms with Gasteiger partial charge in [0, 0.05) is 45.2 Å². The standard InChI is InChI=1S/C18H28N4O2/c1-12(2)14(19)7-9-22(4)18(24)13-5-6-16-15(11-13)20-17(23)8-10-21(16)3/h5-6,11-12,14H,7-10,19H2,1-4H3,(H,20,23). The Bertz CT molecular complexity index is 615. The highest BCUT2D eigenvalue weighted by Crippen LogP contribution is 2.29. The van der Waals surface area contributed by atoms with Gasteiger partial charge in [0.15, 0.2) is 0 Å². The minimum atomic E-state index is -0.0603. The smallest absolute Gasteiger partial charge is 0.253 e. The third kappa shape index (κ3) is 4.26. The number of fused-ring (bicyclic) bond motifs is 1. The van der Waals surface area contributed by atoms with Crippen LogP contribution in [0.4, 0.5) is 11.4 Å². The van der Waals surface area contributed by atoms with Gasteiger partial charge >= 0.3 is 0 Å². The maximum absolute atomic E-state index is 12.6. The van der Waals surface area contributed by atoms with E-state index in [-0.39, 0.29) is 17.9 Å². The van der Waals surface area contributed by atoms with E-state index >= 15 is 0 Å². The zero-order valence-corrected chi connectivity index (χ0v) is 15.0. The first-order valence-corrected chi connectivity index (χ1v) is 8.45. The number of hydrogen-bond acceptors (Lipinski definition) is 4. The van der Waals surface area contributed by atoms with E-state index in [0.717, 1.165) is 12.1 Å². The van der Waals surface area contributed by atoms with Crippen LogP contribution in [0.3, 0.4) is 0 Å². The summed E-state index contributed by atoms with van der Waals surface area (Å²) in [6, 6.07) is 5.55. The van der Waals surface area contributed by atoms with Crippen LogP contribution in [0, 0.1) is 5.92 Å². The lowest BCUT2D eigenvalue weighted by Gasteiger charge is -2.23. The summed E-state index contributed by atoms with van der Waals surface area (Å²) in [5.41, 5.74) is 8.25. The Labute approximate surface area is 144 Å². The Morgan fingerprint density at radius 2 is 2.12 bits per heavy atom. The van der Waals surface area contributed by atoms with E-state index in [2.05, 4.69) is 19.2 Å². The first-order valence-electron chi connectivity index (χ1n) is 8.45. The van der Waals surface area contributed by atoms with E-state index in [0.29, 0.717) is 36.7 Å². The summed E-state index contributed by atoms with van der Waals surface area (Å²) in [5, 5.41) is 2.88. The van der Waals surface area contributed by atoms with Crippen LogP contribution in [0.15, 0.2) is 18.2 Å². The van der Waals surface area contributed by atoms with Crippen LogP contribution in [-0.4, -0.2) is 49.9 Å². The number of amides is 2. The number of nitrogens with two attached hydrogens (primary N) is 1. The maximum atomic E-state index is 12.6. The molecule has 6 heteroatoms. The van der Waals surface area contributed by atoms with Crippen molar-refractivity contribution < 1.29 is 9.59 Å². The Balaban J connectivity index is 2.11. The highest BCUT2D eigenvalue weighted by atomic mass is 16.2. The molecule has 0 fully saturated rings. The van der Waals surface area contributed by atoms with Crippen molar-refractivity contribution in [3.63, 3.8) is 0 Å². The summed E-state index contributed by atoms with van der Waals surface area (Å²) in [6.07, 6.45) is 1.21. The molecule has 1 unspecified atom stereocenters. The number of nitrogens with zero attached hydrogens (tertiary/aromatic N) is 2. The minimum Gasteiger partial charge on any atom is -0.372 e. The molecule has 1 aliphatic rings. The minimum absolute atomic E-state index is 0.0264. The molecule has 3 N–H and O–H groups in total. The number of anilines is 2. The van der Waals surface area contributed by atoms with E-state index < -0.39 is 0 Å². The summed E-state index contributed by atoms with van der Waals surface area (Å²) in [6.45, 7) is 5.44. The van der Waals surface area contributed by atoms with E-state index in [1.165, 1.54) is 0 Å². The molecule has 0 bridgehead atoms. The fourth-order valence-electron chi connectivity index (χ4n) is 2.70. The Hall–Kier alpha value is -2.08. The predicted octanol–water partition coefficient (Wildman–Crippen LogP) is 1.91. The molecule has 1 aliphatic heterocycles. The molecule has 132 valence electrons. The van der Waals surface area contributed by atoms with E-state index in [4.69, 9.17) is 5.73 Å². The molecular weight excluding hydrogens is 304 g/mol. The first-order chi connectivity index (χ1) is 11.3. The van der Waals surface area contributed by atoms with Crippen LogP contribution in [0.5, 0.6) is 0 Å². The summed E-state index contributed by atoms with van der Waals surface area (Å²) >= 11 is 0. The van der Waals surface area contributed by atoms with Gasteiger partial charge in [-0.05, 0) is 30.5 Å². The van der Waals surface area contributed by atoms with Crippen molar-refractivity contribution in [3.05, 3.63) is 23.8 Å². The highest BCUT2D eigenvalue weighted by Gasteiger charge is 2.20. The summed E-state index contributed by atoms with van der Waals surface area (Å²) < 4.78 is 0. The van der Waals surface area contributed by atoms with Crippen molar-refractivity contribution in [2.75, 3.05) is 37.4 Å². The van der Waals surface area contributed by atoms with E-state index in [9.17, 15) is 9.59 Å². The molecule has 0 aromatic heterocycles. The molecule has 0 saturated carbocycles. The molecular formula is C18H28N4O2. The molecule has 0 aliphatic carbocycles. The molecule has 0 radical (unpaired) electrons. The topological polar surface area (TPSA) is 78.7 Å². The third-order valence-electron chi connectivity index (χ3n) is 4.60. The van der Waals surface area contributed by atoms with Gasteiger partial charge in [-0.15, -0.1) is 0 Å². The van der Waals surface area contributed by atoms with Crippen molar-refractivity contribution in [1.29, 1.82) is 0 Å². The lowest BCUT2D eigenvalue weighted by Crippen LogP contribution is -2.34. The SMILES string of the molecule is CC(C)C(N)CCN(C)C(=O)c1ccc2c(c1)NC(=O)CCN2C. The Morgan fingerprint density at radius 1 is 1.42 bits per heavy atom. The van der Waals surface area contributed by atoms with Crippen LogP contribution < -0.4 is 16.0 Å². The van der Waals surface area contributed by atoms with Crippen LogP contribution in [0.25, 0.3) is 0 Å². The van der Waals surface area contributed by atoms with Crippen LogP contribution in [0.2, 0.25) is 0 Å². The molecule has 24 heavy (non-hydrogen) atoms. The molecule has 0 saturated heterocycles. The number of nitrogens with one attached hydrogen (secondary N) is 1. The van der Waals surface area contributed by atoms with Gasteiger partial charge in [-0.1, -0.05) is 13.8 Å². The largest absolute Gasteiger partial charge is 0.372 e. The van der Waals surface area contributed by atoms with Gasteiger partial charge in [0.1, 0.15) is 0 Å². The zero-order valence-electron chi connectivity index (χ0n) is 15.0. The predicted molar refractivity (Wildman–Crippen MR) is 97.3 cm³/mol. The molecule has 1 heterocycles. The second kappa shape index (κ2) is 7.66. The monoisotopic (exact) mass is 332 g/mol. The summed E-state index contributed by atoms with van der Waals surface area (Å²) in [5.74, 6) is 0.308. The van der Waals surface area contributed by atoms with Crippen LogP contribution in [-0.2, 0) is 4.79 Å². The Morgan fingerprint density at radius 3 is 2.79 bits per heavy atom. The fraction of sp³-hybridized carbons (Fsp3) is 0.556. The van der Waals surface area contributed by atoms with Gasteiger partial charge in [-0.2, -0.15) is 0 Å². The lowest BCUT2D eigenvalue weighted by molar-refractivity contribution is -0.115. The van der Waals surface area contributed by atoms with E-state index in [1.54, 1.807) is 18.0 Å². The second-order valence-corrected chi connectivity index (χ2v) is 6.87. The van der Waals surface area contributed by atoms with Crippen molar-refractivity contribution in [2.45, 2.75) is 32.7 Å². The van der Waals surface area contributed by atoms with E-state index in [1.807, 2.05) is 24.1 Å². The van der Waals surface area contributed by atoms with Gasteiger partial charge in [0.25, 0.3) is 5.91 Å². The van der Waals surface area contributed by atoms with Crippen molar-refractivity contribution >= 4 is 23.2 Å². The average molecular weight is 332 g/mol. The van der Waals surface area contributed by atoms with Gasteiger partial charge in [0.2, 0.25) is 5.91 Å². The first kappa shape index (κ1) is 18.3. The maximum Gasteiger partial charge on any atom is 0.253 e. The molecule has 2 rings (SSSR count). The average Bonchev–Trinajstić information content (AvgIpc) is 2.69. The molecule has 1 aromatic rings. The number of carbonyl (C=O) groups is 2. The van der Waals surface area contributed by atoms with Gasteiger partial charge in [0.05, 0.1) is 11.4 Å². The van der Waals surface area contributed by atoms with Gasteiger partial charge in [-0.3, -0.25) is 9.59 Å². The third-order valence-corrected chi connectivity index (χ3v) is 4.60. The quantitative estimate of drug-likeness (QED) is 0.863. The number of hydrogen-bond donors (Lipinski definition) is 2. The number of carbonyl (C=O) groups excluding carboxylic acids is 2. The van der Waals surface area contributed by atoms with Gasteiger partial charge in [-0.25, -0.2) is 0 Å². The van der Waals surface area contributed by atoms with Crippen molar-refractivity contribution in [3.8, 4) is 0 Å². The second-order valence-electron chi connectivity index (χ2n) is 6.87. The summed E-state index contributed by atoms with van der Waals surface area (Å²) in [4.78, 5) is 28.1. The van der Waals surface area contributed by atoms with Gasteiger partial charge < -0.3 is 20.9 Å². The zero-order chi connectivity index (χ0) is 17.9. The Kier molecular flexibility index (Phi) is 5.83. The molecule has 1 atom stereocenters. The van der Waals surface area contributed by atoms with Crippen LogP contribution >= 0.6 is 0 Å². The summed E-state index contributed by atoms with van der Waals surface area (Å²) in [7, 11) is 3.73.